The molecule has 4 nitrogen and oxygen atoms in total. The first-order chi connectivity index (χ1) is 10.5. The van der Waals surface area contributed by atoms with Crippen LogP contribution < -0.4 is 11.1 Å². The van der Waals surface area contributed by atoms with Crippen molar-refractivity contribution in [1.29, 1.82) is 0 Å². The average molecular weight is 362 g/mol. The van der Waals surface area contributed by atoms with Gasteiger partial charge in [0.2, 0.25) is 0 Å². The van der Waals surface area contributed by atoms with Gasteiger partial charge in [-0.3, -0.25) is 9.79 Å². The van der Waals surface area contributed by atoms with Gasteiger partial charge in [-0.05, 0) is 36.8 Å². The number of benzene rings is 2. The van der Waals surface area contributed by atoms with Crippen molar-refractivity contribution < 1.29 is 9.18 Å². The van der Waals surface area contributed by atoms with E-state index in [1.165, 1.54) is 6.07 Å². The minimum Gasteiger partial charge on any atom is -0.322 e. The molecule has 2 aromatic rings. The van der Waals surface area contributed by atoms with Gasteiger partial charge < -0.3 is 11.1 Å². The zero-order valence-corrected chi connectivity index (χ0v) is 13.3. The molecule has 22 heavy (non-hydrogen) atoms. The summed E-state index contributed by atoms with van der Waals surface area (Å²) in [6.45, 7) is 1.88. The maximum absolute atomic E-state index is 14.2. The number of benzodiazepines with no additional fused rings is 1. The highest BCUT2D eigenvalue weighted by atomic mass is 79.9. The van der Waals surface area contributed by atoms with Crippen LogP contribution in [0.3, 0.4) is 0 Å². The molecule has 0 radical (unpaired) electrons. The molecule has 0 saturated heterocycles. The SMILES string of the molecule is Cc1c(Br)ccc2c1C(c1ccccc1F)=NC(N)C(=O)N2. The second-order valence-electron chi connectivity index (χ2n) is 4.99. The summed E-state index contributed by atoms with van der Waals surface area (Å²) in [4.78, 5) is 16.2. The molecule has 0 aromatic heterocycles. The number of amides is 1. The Morgan fingerprint density at radius 3 is 2.73 bits per heavy atom. The molecule has 6 heteroatoms. The van der Waals surface area contributed by atoms with Gasteiger partial charge in [0.05, 0.1) is 11.4 Å². The number of halogens is 2. The molecule has 1 aliphatic rings. The Hall–Kier alpha value is -2.05. The number of nitrogens with zero attached hydrogens (tertiary/aromatic N) is 1. The molecule has 0 aliphatic carbocycles. The largest absolute Gasteiger partial charge is 0.322 e. The van der Waals surface area contributed by atoms with Crippen molar-refractivity contribution in [2.45, 2.75) is 13.1 Å². The van der Waals surface area contributed by atoms with Crippen LogP contribution in [0.1, 0.15) is 16.7 Å². The number of rotatable bonds is 1. The number of aliphatic imine (C=N–C) groups is 1. The molecular weight excluding hydrogens is 349 g/mol. The fraction of sp³-hybridized carbons (Fsp3) is 0.125. The van der Waals surface area contributed by atoms with E-state index in [4.69, 9.17) is 5.73 Å². The molecule has 112 valence electrons. The summed E-state index contributed by atoms with van der Waals surface area (Å²) in [7, 11) is 0. The van der Waals surface area contributed by atoms with Crippen LogP contribution >= 0.6 is 15.9 Å². The molecule has 0 fully saturated rings. The van der Waals surface area contributed by atoms with Gasteiger partial charge in [-0.15, -0.1) is 0 Å². The van der Waals surface area contributed by atoms with Gasteiger partial charge in [-0.2, -0.15) is 0 Å². The lowest BCUT2D eigenvalue weighted by Crippen LogP contribution is -2.33. The first-order valence-corrected chi connectivity index (χ1v) is 7.47. The smallest absolute Gasteiger partial charge is 0.263 e. The van der Waals surface area contributed by atoms with Gasteiger partial charge >= 0.3 is 0 Å². The van der Waals surface area contributed by atoms with Gasteiger partial charge in [-0.25, -0.2) is 4.39 Å². The average Bonchev–Trinajstić information content (AvgIpc) is 2.61. The molecule has 1 aliphatic heterocycles. The molecular formula is C16H13BrFN3O. The topological polar surface area (TPSA) is 67.5 Å². The Balaban J connectivity index is 2.33. The van der Waals surface area contributed by atoms with Crippen molar-refractivity contribution in [3.63, 3.8) is 0 Å². The maximum atomic E-state index is 14.2. The number of nitrogens with two attached hydrogens (primary N) is 1. The van der Waals surface area contributed by atoms with Crippen LogP contribution in [0.5, 0.6) is 0 Å². The van der Waals surface area contributed by atoms with Gasteiger partial charge in [0.25, 0.3) is 5.91 Å². The summed E-state index contributed by atoms with van der Waals surface area (Å²) >= 11 is 3.46. The molecule has 1 atom stereocenters. The predicted octanol–water partition coefficient (Wildman–Crippen LogP) is 2.97. The van der Waals surface area contributed by atoms with E-state index in [-0.39, 0.29) is 0 Å². The quantitative estimate of drug-likeness (QED) is 0.819. The lowest BCUT2D eigenvalue weighted by atomic mass is 9.96. The molecule has 3 rings (SSSR count). The van der Waals surface area contributed by atoms with E-state index in [2.05, 4.69) is 26.2 Å². The van der Waals surface area contributed by atoms with Crippen LogP contribution in [0.15, 0.2) is 45.9 Å². The summed E-state index contributed by atoms with van der Waals surface area (Å²) in [6.07, 6.45) is -1.08. The van der Waals surface area contributed by atoms with Crippen LogP contribution in [0.25, 0.3) is 0 Å². The lowest BCUT2D eigenvalue weighted by Gasteiger charge is -2.14. The molecule has 0 bridgehead atoms. The van der Waals surface area contributed by atoms with Crippen LogP contribution in [0.2, 0.25) is 0 Å². The Kier molecular flexibility index (Phi) is 3.80. The fourth-order valence-electron chi connectivity index (χ4n) is 2.42. The van der Waals surface area contributed by atoms with Gasteiger partial charge in [0.1, 0.15) is 5.82 Å². The molecule has 0 spiro atoms. The lowest BCUT2D eigenvalue weighted by molar-refractivity contribution is -0.117. The first-order valence-electron chi connectivity index (χ1n) is 6.67. The predicted molar refractivity (Wildman–Crippen MR) is 87.5 cm³/mol. The summed E-state index contributed by atoms with van der Waals surface area (Å²) in [6, 6.07) is 9.88. The number of anilines is 1. The van der Waals surface area contributed by atoms with Crippen molar-refractivity contribution in [3.8, 4) is 0 Å². The molecule has 1 amide bonds. The summed E-state index contributed by atoms with van der Waals surface area (Å²) in [5.41, 5.74) is 8.57. The summed E-state index contributed by atoms with van der Waals surface area (Å²) in [5.74, 6) is -0.831. The third kappa shape index (κ3) is 2.44. The summed E-state index contributed by atoms with van der Waals surface area (Å²) in [5, 5.41) is 2.74. The normalized spacial score (nSPS) is 17.4. The number of carbonyl (C=O) groups excluding carboxylic acids is 1. The third-order valence-corrected chi connectivity index (χ3v) is 4.42. The van der Waals surface area contributed by atoms with Crippen LogP contribution in [0, 0.1) is 12.7 Å². The molecule has 2 aromatic carbocycles. The Bertz CT molecular complexity index is 804. The molecule has 1 unspecified atom stereocenters. The first kappa shape index (κ1) is 14.9. The number of hydrogen-bond donors (Lipinski definition) is 2. The van der Waals surface area contributed by atoms with Crippen molar-refractivity contribution in [2.24, 2.45) is 10.7 Å². The highest BCUT2D eigenvalue weighted by Crippen LogP contribution is 2.31. The Morgan fingerprint density at radius 2 is 2.00 bits per heavy atom. The fourth-order valence-corrected chi connectivity index (χ4v) is 2.75. The minimum absolute atomic E-state index is 0.317. The van der Waals surface area contributed by atoms with E-state index in [1.807, 2.05) is 13.0 Å². The monoisotopic (exact) mass is 361 g/mol. The Labute approximate surface area is 135 Å². The van der Waals surface area contributed by atoms with Crippen LogP contribution in [0.4, 0.5) is 10.1 Å². The zero-order chi connectivity index (χ0) is 15.9. The highest BCUT2D eigenvalue weighted by molar-refractivity contribution is 9.10. The van der Waals surface area contributed by atoms with Crippen molar-refractivity contribution >= 4 is 33.2 Å². The van der Waals surface area contributed by atoms with E-state index in [1.54, 1.807) is 24.3 Å². The third-order valence-electron chi connectivity index (χ3n) is 3.56. The van der Waals surface area contributed by atoms with Gasteiger partial charge in [-0.1, -0.05) is 28.1 Å². The van der Waals surface area contributed by atoms with E-state index in [9.17, 15) is 9.18 Å². The number of nitrogens with one attached hydrogen (secondary N) is 1. The maximum Gasteiger partial charge on any atom is 0.263 e. The van der Waals surface area contributed by atoms with Crippen molar-refractivity contribution in [2.75, 3.05) is 5.32 Å². The van der Waals surface area contributed by atoms with Crippen LogP contribution in [-0.2, 0) is 4.79 Å². The van der Waals surface area contributed by atoms with E-state index >= 15 is 0 Å². The highest BCUT2D eigenvalue weighted by Gasteiger charge is 2.26. The zero-order valence-electron chi connectivity index (χ0n) is 11.7. The molecule has 0 saturated carbocycles. The second kappa shape index (κ2) is 5.62. The van der Waals surface area contributed by atoms with E-state index in [0.29, 0.717) is 22.5 Å². The summed E-state index contributed by atoms with van der Waals surface area (Å²) < 4.78 is 15.1. The Morgan fingerprint density at radius 1 is 1.27 bits per heavy atom. The second-order valence-corrected chi connectivity index (χ2v) is 5.84. The van der Waals surface area contributed by atoms with Gasteiger partial charge in [0, 0.05) is 15.6 Å². The van der Waals surface area contributed by atoms with Crippen LogP contribution in [-0.4, -0.2) is 17.8 Å². The minimum atomic E-state index is -1.08. The van der Waals surface area contributed by atoms with E-state index in [0.717, 1.165) is 10.0 Å². The van der Waals surface area contributed by atoms with Gasteiger partial charge in [0.15, 0.2) is 6.17 Å². The number of carbonyl (C=O) groups is 1. The number of hydrogen-bond acceptors (Lipinski definition) is 3. The van der Waals surface area contributed by atoms with Crippen molar-refractivity contribution in [3.05, 3.63) is 63.4 Å². The standard InChI is InChI=1S/C16H13BrFN3O/c1-8-10(17)6-7-12-13(8)14(21-15(19)16(22)20-12)9-4-2-3-5-11(9)18/h2-7,15H,19H2,1H3,(H,20,22). The number of fused-ring (bicyclic) bond motifs is 1. The molecule has 3 N–H and O–H groups in total. The van der Waals surface area contributed by atoms with Crippen molar-refractivity contribution in [1.82, 2.24) is 0 Å². The molecule has 1 heterocycles. The van der Waals surface area contributed by atoms with E-state index < -0.39 is 17.9 Å².